The molecule has 6 heteroatoms. The third-order valence-corrected chi connectivity index (χ3v) is 5.94. The zero-order valence-electron chi connectivity index (χ0n) is 19.1. The van der Waals surface area contributed by atoms with E-state index in [0.717, 1.165) is 24.1 Å². The second-order valence-corrected chi connectivity index (χ2v) is 8.80. The molecule has 3 atom stereocenters. The van der Waals surface area contributed by atoms with E-state index in [2.05, 4.69) is 12.2 Å². The molecule has 1 aliphatic rings. The number of fused-ring (bicyclic) bond motifs is 1. The van der Waals surface area contributed by atoms with E-state index >= 15 is 0 Å². The molecule has 2 N–H and O–H groups in total. The van der Waals surface area contributed by atoms with Gasteiger partial charge < -0.3 is 19.7 Å². The number of hydrogen-bond donors (Lipinski definition) is 2. The van der Waals surface area contributed by atoms with Crippen molar-refractivity contribution in [2.24, 2.45) is 5.92 Å². The Kier molecular flexibility index (Phi) is 7.55. The number of rotatable bonds is 8. The largest absolute Gasteiger partial charge is 0.493 e. The molecule has 0 radical (unpaired) electrons. The van der Waals surface area contributed by atoms with Crippen LogP contribution in [0.4, 0.5) is 4.39 Å². The number of quaternary nitrogens is 1. The highest BCUT2D eigenvalue weighted by Gasteiger charge is 2.37. The van der Waals surface area contributed by atoms with Gasteiger partial charge in [0, 0.05) is 24.0 Å². The van der Waals surface area contributed by atoms with Gasteiger partial charge in [0.05, 0.1) is 26.8 Å². The van der Waals surface area contributed by atoms with Crippen LogP contribution in [0.5, 0.6) is 11.5 Å². The summed E-state index contributed by atoms with van der Waals surface area (Å²) < 4.78 is 24.9. The van der Waals surface area contributed by atoms with Crippen molar-refractivity contribution in [3.8, 4) is 11.5 Å². The van der Waals surface area contributed by atoms with Crippen LogP contribution in [0.25, 0.3) is 0 Å². The molecule has 2 aromatic rings. The minimum absolute atomic E-state index is 0.0166. The summed E-state index contributed by atoms with van der Waals surface area (Å²) >= 11 is 0. The van der Waals surface area contributed by atoms with Crippen LogP contribution in [0.3, 0.4) is 0 Å². The zero-order chi connectivity index (χ0) is 22.5. The summed E-state index contributed by atoms with van der Waals surface area (Å²) in [5.41, 5.74) is 3.30. The molecule has 0 saturated carbocycles. The number of amides is 1. The number of carbonyl (C=O) groups is 1. The molecule has 1 amide bonds. The number of ether oxygens (including phenoxy) is 2. The van der Waals surface area contributed by atoms with Gasteiger partial charge in [-0.25, -0.2) is 4.39 Å². The molecule has 0 aliphatic carbocycles. The first-order valence-corrected chi connectivity index (χ1v) is 11.0. The highest BCUT2D eigenvalue weighted by molar-refractivity contribution is 5.76. The normalized spacial score (nSPS) is 18.9. The lowest BCUT2D eigenvalue weighted by Gasteiger charge is -2.38. The molecule has 31 heavy (non-hydrogen) atoms. The van der Waals surface area contributed by atoms with Gasteiger partial charge in [-0.05, 0) is 42.7 Å². The maximum atomic E-state index is 13.8. The summed E-state index contributed by atoms with van der Waals surface area (Å²) in [4.78, 5) is 13.8. The molecule has 0 bridgehead atoms. The number of carbonyl (C=O) groups excluding carboxylic acids is 1. The third kappa shape index (κ3) is 5.56. The molecule has 0 saturated heterocycles. The average Bonchev–Trinajstić information content (AvgIpc) is 2.71. The lowest BCUT2D eigenvalue weighted by atomic mass is 9.87. The van der Waals surface area contributed by atoms with Crippen molar-refractivity contribution in [2.75, 3.05) is 20.8 Å². The van der Waals surface area contributed by atoms with Crippen LogP contribution in [0.1, 0.15) is 49.9 Å². The van der Waals surface area contributed by atoms with Crippen molar-refractivity contribution < 1.29 is 23.6 Å². The predicted molar refractivity (Wildman–Crippen MR) is 119 cm³/mol. The first kappa shape index (κ1) is 23.1. The van der Waals surface area contributed by atoms with Crippen molar-refractivity contribution in [3.05, 3.63) is 58.9 Å². The van der Waals surface area contributed by atoms with Crippen LogP contribution in [0, 0.1) is 11.7 Å². The third-order valence-electron chi connectivity index (χ3n) is 5.94. The smallest absolute Gasteiger partial charge is 0.220 e. The lowest BCUT2D eigenvalue weighted by Crippen LogP contribution is -3.13. The first-order valence-electron chi connectivity index (χ1n) is 11.0. The monoisotopic (exact) mass is 429 g/mol. The minimum Gasteiger partial charge on any atom is -0.493 e. The van der Waals surface area contributed by atoms with Crippen molar-refractivity contribution in [1.29, 1.82) is 0 Å². The average molecular weight is 430 g/mol. The molecule has 0 fully saturated rings. The summed E-state index contributed by atoms with van der Waals surface area (Å²) in [5, 5.41) is 3.21. The number of benzene rings is 2. The minimum atomic E-state index is -0.226. The van der Waals surface area contributed by atoms with Gasteiger partial charge in [-0.2, -0.15) is 0 Å². The summed E-state index contributed by atoms with van der Waals surface area (Å²) in [6.07, 6.45) is 1.37. The summed E-state index contributed by atoms with van der Waals surface area (Å²) in [6, 6.07) is 10.8. The van der Waals surface area contributed by atoms with Crippen LogP contribution in [-0.2, 0) is 17.8 Å². The van der Waals surface area contributed by atoms with Gasteiger partial charge in [-0.3, -0.25) is 4.79 Å². The quantitative estimate of drug-likeness (QED) is 0.678. The fourth-order valence-electron chi connectivity index (χ4n) is 4.61. The molecule has 1 heterocycles. The van der Waals surface area contributed by atoms with E-state index in [4.69, 9.17) is 9.47 Å². The van der Waals surface area contributed by atoms with Crippen LogP contribution < -0.4 is 19.7 Å². The highest BCUT2D eigenvalue weighted by Crippen LogP contribution is 2.35. The molecular formula is C25H34FN2O3+. The maximum Gasteiger partial charge on any atom is 0.220 e. The lowest BCUT2D eigenvalue weighted by molar-refractivity contribution is -0.948. The molecule has 5 nitrogen and oxygen atoms in total. The van der Waals surface area contributed by atoms with E-state index < -0.39 is 0 Å². The number of hydrogen-bond acceptors (Lipinski definition) is 3. The Morgan fingerprint density at radius 3 is 2.52 bits per heavy atom. The van der Waals surface area contributed by atoms with Gasteiger partial charge in [0.15, 0.2) is 11.5 Å². The fraction of sp³-hybridized carbons (Fsp3) is 0.480. The Morgan fingerprint density at radius 2 is 1.87 bits per heavy atom. The highest BCUT2D eigenvalue weighted by atomic mass is 19.1. The van der Waals surface area contributed by atoms with Crippen LogP contribution in [0.2, 0.25) is 0 Å². The fourth-order valence-corrected chi connectivity index (χ4v) is 4.61. The van der Waals surface area contributed by atoms with E-state index in [-0.39, 0.29) is 23.8 Å². The Hall–Kier alpha value is -2.60. The van der Waals surface area contributed by atoms with Crippen LogP contribution in [-0.4, -0.2) is 32.7 Å². The molecule has 1 aliphatic heterocycles. The van der Waals surface area contributed by atoms with Crippen molar-refractivity contribution in [1.82, 2.24) is 5.32 Å². The van der Waals surface area contributed by atoms with Gasteiger partial charge >= 0.3 is 0 Å². The maximum absolute atomic E-state index is 13.8. The van der Waals surface area contributed by atoms with E-state index in [0.29, 0.717) is 30.4 Å². The Labute approximate surface area is 184 Å². The SMILES string of the molecule is COc1cc2c(cc1OC)[C@@H]([C@H](C)NC(=O)CC(C)C)[NH+](Cc1cccc(F)c1)CC2. The van der Waals surface area contributed by atoms with Crippen LogP contribution >= 0.6 is 0 Å². The van der Waals surface area contributed by atoms with Crippen LogP contribution in [0.15, 0.2) is 36.4 Å². The molecular weight excluding hydrogens is 395 g/mol. The number of methoxy groups -OCH3 is 2. The molecule has 0 aromatic heterocycles. The van der Waals surface area contributed by atoms with E-state index in [1.807, 2.05) is 32.0 Å². The molecule has 0 spiro atoms. The predicted octanol–water partition coefficient (Wildman–Crippen LogP) is 3.08. The van der Waals surface area contributed by atoms with Crippen molar-refractivity contribution in [2.45, 2.75) is 52.2 Å². The number of nitrogens with one attached hydrogen (secondary N) is 2. The Balaban J connectivity index is 1.96. The number of halogens is 1. The Bertz CT molecular complexity index is 916. The summed E-state index contributed by atoms with van der Waals surface area (Å²) in [5.74, 6) is 1.52. The molecule has 2 aromatic carbocycles. The van der Waals surface area contributed by atoms with E-state index in [9.17, 15) is 9.18 Å². The van der Waals surface area contributed by atoms with Crippen molar-refractivity contribution in [3.63, 3.8) is 0 Å². The van der Waals surface area contributed by atoms with Gasteiger partial charge in [-0.15, -0.1) is 0 Å². The van der Waals surface area contributed by atoms with E-state index in [1.165, 1.54) is 16.5 Å². The van der Waals surface area contributed by atoms with E-state index in [1.54, 1.807) is 26.4 Å². The standard InChI is InChI=1S/C25H33FN2O3/c1-16(2)11-24(29)27-17(3)25-21-14-23(31-5)22(30-4)13-19(21)9-10-28(25)15-18-7-6-8-20(26)12-18/h6-8,12-14,16-17,25H,9-11,15H2,1-5H3,(H,27,29)/p+1/t17-,25+/m0/s1. The topological polar surface area (TPSA) is 52.0 Å². The zero-order valence-corrected chi connectivity index (χ0v) is 19.1. The molecule has 168 valence electrons. The summed E-state index contributed by atoms with van der Waals surface area (Å²) in [7, 11) is 3.27. The molecule has 3 rings (SSSR count). The van der Waals surface area contributed by atoms with Gasteiger partial charge in [0.25, 0.3) is 0 Å². The second-order valence-electron chi connectivity index (χ2n) is 8.80. The Morgan fingerprint density at radius 1 is 1.16 bits per heavy atom. The van der Waals surface area contributed by atoms with Gasteiger partial charge in [-0.1, -0.05) is 26.0 Å². The summed E-state index contributed by atoms with van der Waals surface area (Å²) in [6.45, 7) is 7.70. The first-order chi connectivity index (χ1) is 14.8. The second kappa shape index (κ2) is 10.1. The van der Waals surface area contributed by atoms with Crippen molar-refractivity contribution >= 4 is 5.91 Å². The molecule has 1 unspecified atom stereocenters. The van der Waals surface area contributed by atoms with Gasteiger partial charge in [0.2, 0.25) is 5.91 Å². The van der Waals surface area contributed by atoms with Gasteiger partial charge in [0.1, 0.15) is 18.4 Å².